The lowest BCUT2D eigenvalue weighted by atomic mass is 10.0. The van der Waals surface area contributed by atoms with Crippen LogP contribution in [0.5, 0.6) is 0 Å². The molecule has 3 aromatic carbocycles. The monoisotopic (exact) mass is 413 g/mol. The first-order chi connectivity index (χ1) is 15.1. The Morgan fingerprint density at radius 2 is 1.58 bits per heavy atom. The maximum Gasteiger partial charge on any atom is 0.270 e. The predicted octanol–water partition coefficient (Wildman–Crippen LogP) is 3.04. The van der Waals surface area contributed by atoms with Gasteiger partial charge < -0.3 is 10.3 Å². The van der Waals surface area contributed by atoms with E-state index < -0.39 is 0 Å². The highest BCUT2D eigenvalue weighted by molar-refractivity contribution is 5.77. The molecule has 1 saturated heterocycles. The molecule has 2 aliphatic rings. The highest BCUT2D eigenvalue weighted by atomic mass is 16.6. The van der Waals surface area contributed by atoms with E-state index in [1.54, 1.807) is 17.0 Å². The zero-order chi connectivity index (χ0) is 21.4. The molecule has 2 N–H and O–H groups in total. The Bertz CT molecular complexity index is 1110. The first-order valence-electron chi connectivity index (χ1n) is 10.6. The van der Waals surface area contributed by atoms with E-state index in [-0.39, 0.29) is 10.6 Å². The molecule has 1 aliphatic heterocycles. The van der Waals surface area contributed by atoms with Gasteiger partial charge in [-0.3, -0.25) is 10.1 Å². The minimum Gasteiger partial charge on any atom is -0.323 e. The van der Waals surface area contributed by atoms with Crippen LogP contribution in [0, 0.1) is 10.1 Å². The summed E-state index contributed by atoms with van der Waals surface area (Å²) in [5.74, 6) is 0. The standard InChI is InChI=1S/C25H24N4O2/c1-18(19-7-6-8-20(17-19)29(30)31)26-28-15-13-27(14-16-28)25-23-11-4-2-9-21(23)22-10-3-5-12-24(22)25/h2-12,17,25-26H,1,13-16H2/p+1. The van der Waals surface area contributed by atoms with Crippen LogP contribution in [0.25, 0.3) is 16.8 Å². The Labute approximate surface area is 181 Å². The lowest BCUT2D eigenvalue weighted by molar-refractivity contribution is -0.929. The molecular formula is C25H25N4O2+. The van der Waals surface area contributed by atoms with Gasteiger partial charge in [-0.05, 0) is 11.1 Å². The zero-order valence-corrected chi connectivity index (χ0v) is 17.3. The van der Waals surface area contributed by atoms with Gasteiger partial charge in [0.25, 0.3) is 5.69 Å². The van der Waals surface area contributed by atoms with Crippen molar-refractivity contribution in [2.75, 3.05) is 26.2 Å². The van der Waals surface area contributed by atoms with Crippen molar-refractivity contribution in [2.24, 2.45) is 0 Å². The maximum absolute atomic E-state index is 11.0. The molecule has 6 heteroatoms. The number of nitrogens with one attached hydrogen (secondary N) is 2. The topological polar surface area (TPSA) is 62.8 Å². The van der Waals surface area contributed by atoms with Crippen LogP contribution < -0.4 is 10.3 Å². The molecule has 1 aliphatic carbocycles. The Morgan fingerprint density at radius 1 is 0.968 bits per heavy atom. The van der Waals surface area contributed by atoms with E-state index in [0.717, 1.165) is 31.7 Å². The first-order valence-corrected chi connectivity index (χ1v) is 10.6. The van der Waals surface area contributed by atoms with Crippen molar-refractivity contribution in [1.82, 2.24) is 10.4 Å². The highest BCUT2D eigenvalue weighted by Crippen LogP contribution is 2.41. The minimum absolute atomic E-state index is 0.0771. The number of fused-ring (bicyclic) bond motifs is 3. The maximum atomic E-state index is 11.0. The predicted molar refractivity (Wildman–Crippen MR) is 121 cm³/mol. The number of rotatable bonds is 5. The van der Waals surface area contributed by atoms with Crippen molar-refractivity contribution < 1.29 is 9.82 Å². The lowest BCUT2D eigenvalue weighted by Crippen LogP contribution is -3.15. The fraction of sp³-hybridized carbons (Fsp3) is 0.200. The molecular weight excluding hydrogens is 388 g/mol. The van der Waals surface area contributed by atoms with Gasteiger partial charge in [0.1, 0.15) is 6.04 Å². The summed E-state index contributed by atoms with van der Waals surface area (Å²) >= 11 is 0. The Morgan fingerprint density at radius 3 is 2.19 bits per heavy atom. The number of nitro groups is 1. The molecule has 0 atom stereocenters. The average molecular weight is 414 g/mol. The lowest BCUT2D eigenvalue weighted by Gasteiger charge is -2.36. The van der Waals surface area contributed by atoms with Gasteiger partial charge in [0, 0.05) is 34.5 Å². The largest absolute Gasteiger partial charge is 0.323 e. The molecule has 0 bridgehead atoms. The zero-order valence-electron chi connectivity index (χ0n) is 17.3. The molecule has 1 heterocycles. The van der Waals surface area contributed by atoms with Crippen molar-refractivity contribution in [1.29, 1.82) is 0 Å². The van der Waals surface area contributed by atoms with Crippen LogP contribution in [0.3, 0.4) is 0 Å². The summed E-state index contributed by atoms with van der Waals surface area (Å²) in [6.07, 6.45) is 0. The third kappa shape index (κ3) is 3.60. The van der Waals surface area contributed by atoms with Crippen molar-refractivity contribution in [2.45, 2.75) is 6.04 Å². The third-order valence-electron chi connectivity index (χ3n) is 6.35. The number of quaternary nitrogens is 1. The van der Waals surface area contributed by atoms with Gasteiger partial charge in [0.05, 0.1) is 31.1 Å². The van der Waals surface area contributed by atoms with Gasteiger partial charge in [0.15, 0.2) is 0 Å². The van der Waals surface area contributed by atoms with E-state index >= 15 is 0 Å². The van der Waals surface area contributed by atoms with Crippen molar-refractivity contribution in [3.63, 3.8) is 0 Å². The number of nitrogens with zero attached hydrogens (tertiary/aromatic N) is 2. The second-order valence-corrected chi connectivity index (χ2v) is 8.15. The fourth-order valence-corrected chi connectivity index (χ4v) is 4.85. The fourth-order valence-electron chi connectivity index (χ4n) is 4.85. The Kier molecular flexibility index (Phi) is 5.02. The molecule has 156 valence electrons. The van der Waals surface area contributed by atoms with Crippen molar-refractivity contribution in [3.05, 3.63) is 106 Å². The normalized spacial score (nSPS) is 16.5. The van der Waals surface area contributed by atoms with Gasteiger partial charge in [-0.1, -0.05) is 67.2 Å². The van der Waals surface area contributed by atoms with E-state index in [1.165, 1.54) is 28.3 Å². The van der Waals surface area contributed by atoms with Crippen LogP contribution in [-0.4, -0.2) is 36.1 Å². The van der Waals surface area contributed by atoms with E-state index in [2.05, 4.69) is 65.5 Å². The average Bonchev–Trinajstić information content (AvgIpc) is 3.14. The number of non-ortho nitro benzene ring substituents is 1. The molecule has 0 radical (unpaired) electrons. The van der Waals surface area contributed by atoms with E-state index in [4.69, 9.17) is 0 Å². The summed E-state index contributed by atoms with van der Waals surface area (Å²) in [5, 5.41) is 13.2. The molecule has 1 fully saturated rings. The Hall–Kier alpha value is -3.48. The molecule has 0 amide bonds. The number of nitro benzene ring substituents is 1. The number of benzene rings is 3. The molecule has 6 nitrogen and oxygen atoms in total. The van der Waals surface area contributed by atoms with Crippen LogP contribution >= 0.6 is 0 Å². The second-order valence-electron chi connectivity index (χ2n) is 8.15. The summed E-state index contributed by atoms with van der Waals surface area (Å²) in [6.45, 7) is 7.86. The molecule has 5 rings (SSSR count). The van der Waals surface area contributed by atoms with Crippen LogP contribution in [0.15, 0.2) is 79.4 Å². The quantitative estimate of drug-likeness (QED) is 0.499. The van der Waals surface area contributed by atoms with Gasteiger partial charge >= 0.3 is 0 Å². The van der Waals surface area contributed by atoms with Crippen LogP contribution in [0.4, 0.5) is 5.69 Å². The summed E-state index contributed by atoms with van der Waals surface area (Å²) in [5.41, 5.74) is 10.4. The van der Waals surface area contributed by atoms with Gasteiger partial charge in [-0.15, -0.1) is 0 Å². The molecule has 0 saturated carbocycles. The SMILES string of the molecule is C=C(NN1CC[NH+](C2c3ccccc3-c3ccccc32)CC1)c1cccc([N+](=O)[O-])c1. The number of hydrazine groups is 1. The Balaban J connectivity index is 1.28. The number of piperazine rings is 1. The van der Waals surface area contributed by atoms with Crippen molar-refractivity contribution >= 4 is 11.4 Å². The smallest absolute Gasteiger partial charge is 0.270 e. The number of hydrogen-bond donors (Lipinski definition) is 2. The highest BCUT2D eigenvalue weighted by Gasteiger charge is 2.37. The number of hydrogen-bond acceptors (Lipinski definition) is 4. The van der Waals surface area contributed by atoms with E-state index in [9.17, 15) is 10.1 Å². The summed E-state index contributed by atoms with van der Waals surface area (Å²) in [6, 6.07) is 24.5. The molecule has 3 aromatic rings. The third-order valence-corrected chi connectivity index (χ3v) is 6.35. The van der Waals surface area contributed by atoms with Gasteiger partial charge in [0.2, 0.25) is 0 Å². The van der Waals surface area contributed by atoms with Crippen molar-refractivity contribution in [3.8, 4) is 11.1 Å². The molecule has 0 aromatic heterocycles. The molecule has 0 spiro atoms. The summed E-state index contributed by atoms with van der Waals surface area (Å²) < 4.78 is 0. The first kappa shape index (κ1) is 19.5. The second kappa shape index (κ2) is 7.98. The summed E-state index contributed by atoms with van der Waals surface area (Å²) in [4.78, 5) is 12.2. The van der Waals surface area contributed by atoms with Gasteiger partial charge in [-0.2, -0.15) is 0 Å². The van der Waals surface area contributed by atoms with Crippen LogP contribution in [-0.2, 0) is 0 Å². The molecule has 0 unspecified atom stereocenters. The van der Waals surface area contributed by atoms with E-state index in [0.29, 0.717) is 11.7 Å². The van der Waals surface area contributed by atoms with Gasteiger partial charge in [-0.25, -0.2) is 5.01 Å². The minimum atomic E-state index is -0.379. The molecule has 31 heavy (non-hydrogen) atoms. The van der Waals surface area contributed by atoms with E-state index in [1.807, 2.05) is 6.07 Å². The van der Waals surface area contributed by atoms with Crippen LogP contribution in [0.1, 0.15) is 22.7 Å². The summed E-state index contributed by atoms with van der Waals surface area (Å²) in [7, 11) is 0. The van der Waals surface area contributed by atoms with Crippen LogP contribution in [0.2, 0.25) is 0 Å².